The molecule has 7 heteroatoms. The highest BCUT2D eigenvalue weighted by Gasteiger charge is 2.15. The number of aromatic nitrogens is 2. The van der Waals surface area contributed by atoms with Crippen molar-refractivity contribution >= 4 is 5.91 Å². The topological polar surface area (TPSA) is 88.2 Å². The van der Waals surface area contributed by atoms with Crippen LogP contribution in [-0.2, 0) is 11.2 Å². The summed E-state index contributed by atoms with van der Waals surface area (Å²) in [6, 6.07) is 5.51. The number of rotatable bonds is 8. The van der Waals surface area contributed by atoms with Crippen LogP contribution < -0.4 is 5.32 Å². The van der Waals surface area contributed by atoms with E-state index < -0.39 is 6.10 Å². The number of nitrogens with zero attached hydrogens (tertiary/aromatic N) is 2. The van der Waals surface area contributed by atoms with Gasteiger partial charge in [-0.3, -0.25) is 4.79 Å². The maximum Gasteiger partial charge on any atom is 0.226 e. The van der Waals surface area contributed by atoms with Crippen LogP contribution in [0.5, 0.6) is 0 Å². The zero-order chi connectivity index (χ0) is 17.5. The molecule has 24 heavy (non-hydrogen) atoms. The summed E-state index contributed by atoms with van der Waals surface area (Å²) in [4.78, 5) is 16.0. The fourth-order valence-corrected chi connectivity index (χ4v) is 2.40. The monoisotopic (exact) mass is 335 g/mol. The first-order valence-corrected chi connectivity index (χ1v) is 7.96. The summed E-state index contributed by atoms with van der Waals surface area (Å²) < 4.78 is 17.9. The van der Waals surface area contributed by atoms with Crippen LogP contribution in [0.2, 0.25) is 0 Å². The normalized spacial score (nSPS) is 13.5. The Hall–Kier alpha value is -2.28. The molecule has 0 fully saturated rings. The molecule has 0 aliphatic heterocycles. The highest BCUT2D eigenvalue weighted by Crippen LogP contribution is 2.18. The van der Waals surface area contributed by atoms with Crippen LogP contribution >= 0.6 is 0 Å². The second kappa shape index (κ2) is 8.54. The van der Waals surface area contributed by atoms with Gasteiger partial charge in [0.15, 0.2) is 5.82 Å². The van der Waals surface area contributed by atoms with Gasteiger partial charge < -0.3 is 14.9 Å². The molecule has 2 rings (SSSR count). The van der Waals surface area contributed by atoms with Crippen LogP contribution in [0.1, 0.15) is 49.6 Å². The van der Waals surface area contributed by atoms with Gasteiger partial charge in [-0.2, -0.15) is 4.98 Å². The predicted octanol–water partition coefficient (Wildman–Crippen LogP) is 2.47. The SMILES string of the molecule is Cc1noc(CCCC(=O)NC(C)CC(O)c2ccc(F)cc2)n1. The molecule has 2 N–H and O–H groups in total. The van der Waals surface area contributed by atoms with E-state index in [0.717, 1.165) is 0 Å². The van der Waals surface area contributed by atoms with Gasteiger partial charge in [-0.1, -0.05) is 17.3 Å². The first-order valence-electron chi connectivity index (χ1n) is 7.96. The van der Waals surface area contributed by atoms with Gasteiger partial charge in [0.1, 0.15) is 5.82 Å². The van der Waals surface area contributed by atoms with Crippen LogP contribution in [0, 0.1) is 12.7 Å². The van der Waals surface area contributed by atoms with Crippen LogP contribution in [0.15, 0.2) is 28.8 Å². The molecule has 1 amide bonds. The Morgan fingerprint density at radius 3 is 2.71 bits per heavy atom. The van der Waals surface area contributed by atoms with E-state index in [-0.39, 0.29) is 17.8 Å². The largest absolute Gasteiger partial charge is 0.388 e. The second-order valence-corrected chi connectivity index (χ2v) is 5.86. The van der Waals surface area contributed by atoms with Crippen LogP contribution in [-0.4, -0.2) is 27.2 Å². The van der Waals surface area contributed by atoms with Crippen molar-refractivity contribution in [3.8, 4) is 0 Å². The molecule has 0 radical (unpaired) electrons. The summed E-state index contributed by atoms with van der Waals surface area (Å²) in [5, 5.41) is 16.7. The van der Waals surface area contributed by atoms with Crippen molar-refractivity contribution < 1.29 is 18.8 Å². The van der Waals surface area contributed by atoms with Crippen LogP contribution in [0.3, 0.4) is 0 Å². The van der Waals surface area contributed by atoms with E-state index in [1.807, 2.05) is 6.92 Å². The first kappa shape index (κ1) is 18.1. The quantitative estimate of drug-likeness (QED) is 0.774. The number of carbonyl (C=O) groups is 1. The van der Waals surface area contributed by atoms with Crippen LogP contribution in [0.4, 0.5) is 4.39 Å². The summed E-state index contributed by atoms with van der Waals surface area (Å²) in [5.41, 5.74) is 0.629. The average Bonchev–Trinajstić information content (AvgIpc) is 2.93. The molecule has 2 unspecified atom stereocenters. The second-order valence-electron chi connectivity index (χ2n) is 5.86. The summed E-state index contributed by atoms with van der Waals surface area (Å²) in [7, 11) is 0. The van der Waals surface area contributed by atoms with E-state index in [4.69, 9.17) is 4.52 Å². The Balaban J connectivity index is 1.69. The first-order chi connectivity index (χ1) is 11.4. The minimum absolute atomic E-state index is 0.0926. The number of carbonyl (C=O) groups excluding carboxylic acids is 1. The molecule has 0 aliphatic carbocycles. The highest BCUT2D eigenvalue weighted by atomic mass is 19.1. The van der Waals surface area contributed by atoms with Crippen molar-refractivity contribution in [3.63, 3.8) is 0 Å². The molecule has 0 spiro atoms. The van der Waals surface area contributed by atoms with Crippen molar-refractivity contribution in [2.24, 2.45) is 0 Å². The van der Waals surface area contributed by atoms with Crippen molar-refractivity contribution in [1.29, 1.82) is 0 Å². The Morgan fingerprint density at radius 1 is 1.38 bits per heavy atom. The van der Waals surface area contributed by atoms with Crippen molar-refractivity contribution in [1.82, 2.24) is 15.5 Å². The molecule has 2 atom stereocenters. The molecule has 0 bridgehead atoms. The highest BCUT2D eigenvalue weighted by molar-refractivity contribution is 5.76. The molecule has 2 aromatic rings. The number of hydrogen-bond donors (Lipinski definition) is 2. The van der Waals surface area contributed by atoms with Gasteiger partial charge >= 0.3 is 0 Å². The molecule has 1 aromatic heterocycles. The van der Waals surface area contributed by atoms with Crippen molar-refractivity contribution in [2.75, 3.05) is 0 Å². The molecule has 0 aliphatic rings. The third kappa shape index (κ3) is 5.73. The van der Waals surface area contributed by atoms with E-state index in [1.54, 1.807) is 19.1 Å². The lowest BCUT2D eigenvalue weighted by Gasteiger charge is -2.18. The number of aliphatic hydroxyl groups is 1. The van der Waals surface area contributed by atoms with Gasteiger partial charge in [-0.15, -0.1) is 0 Å². The maximum atomic E-state index is 12.9. The number of aryl methyl sites for hydroxylation is 2. The summed E-state index contributed by atoms with van der Waals surface area (Å²) in [6.45, 7) is 3.57. The minimum atomic E-state index is -0.748. The van der Waals surface area contributed by atoms with Gasteiger partial charge in [0.2, 0.25) is 11.8 Å². The minimum Gasteiger partial charge on any atom is -0.388 e. The molecule has 130 valence electrons. The number of nitrogens with one attached hydrogen (secondary N) is 1. The lowest BCUT2D eigenvalue weighted by molar-refractivity contribution is -0.121. The Morgan fingerprint density at radius 2 is 2.08 bits per heavy atom. The smallest absolute Gasteiger partial charge is 0.226 e. The van der Waals surface area contributed by atoms with Crippen LogP contribution in [0.25, 0.3) is 0 Å². The summed E-state index contributed by atoms with van der Waals surface area (Å²) >= 11 is 0. The van der Waals surface area contributed by atoms with Crippen molar-refractivity contribution in [2.45, 2.75) is 51.7 Å². The number of halogens is 1. The van der Waals surface area contributed by atoms with Gasteiger partial charge in [0.05, 0.1) is 6.10 Å². The molecule has 1 aromatic carbocycles. The van der Waals surface area contributed by atoms with E-state index in [2.05, 4.69) is 15.5 Å². The number of amides is 1. The van der Waals surface area contributed by atoms with E-state index in [1.165, 1.54) is 12.1 Å². The molecule has 0 saturated carbocycles. The number of aliphatic hydroxyl groups excluding tert-OH is 1. The summed E-state index contributed by atoms with van der Waals surface area (Å²) in [6.07, 6.45) is 1.13. The Bertz CT molecular complexity index is 657. The zero-order valence-electron chi connectivity index (χ0n) is 13.8. The molecular formula is C17H22FN3O3. The van der Waals surface area contributed by atoms with Gasteiger partial charge in [-0.05, 0) is 44.4 Å². The standard InChI is InChI=1S/C17H22FN3O3/c1-11(10-15(22)13-6-8-14(18)9-7-13)19-16(23)4-3-5-17-20-12(2)21-24-17/h6-9,11,15,22H,3-5,10H2,1-2H3,(H,19,23). The molecular weight excluding hydrogens is 313 g/mol. The fraction of sp³-hybridized carbons (Fsp3) is 0.471. The predicted molar refractivity (Wildman–Crippen MR) is 85.6 cm³/mol. The van der Waals surface area contributed by atoms with E-state index in [0.29, 0.717) is 43.0 Å². The van der Waals surface area contributed by atoms with Gasteiger partial charge in [0.25, 0.3) is 0 Å². The lowest BCUT2D eigenvalue weighted by Crippen LogP contribution is -2.33. The Kier molecular flexibility index (Phi) is 6.43. The molecule has 6 nitrogen and oxygen atoms in total. The molecule has 1 heterocycles. The van der Waals surface area contributed by atoms with Gasteiger partial charge in [-0.25, -0.2) is 4.39 Å². The fourth-order valence-electron chi connectivity index (χ4n) is 2.40. The third-order valence-electron chi connectivity index (χ3n) is 3.60. The van der Waals surface area contributed by atoms with E-state index in [9.17, 15) is 14.3 Å². The molecule has 0 saturated heterocycles. The number of hydrogen-bond acceptors (Lipinski definition) is 5. The third-order valence-corrected chi connectivity index (χ3v) is 3.60. The number of benzene rings is 1. The van der Waals surface area contributed by atoms with E-state index >= 15 is 0 Å². The lowest BCUT2D eigenvalue weighted by atomic mass is 10.0. The average molecular weight is 335 g/mol. The Labute approximate surface area is 140 Å². The van der Waals surface area contributed by atoms with Gasteiger partial charge in [0, 0.05) is 18.9 Å². The maximum absolute atomic E-state index is 12.9. The zero-order valence-corrected chi connectivity index (χ0v) is 13.8. The summed E-state index contributed by atoms with van der Waals surface area (Å²) in [5.74, 6) is 0.673. The van der Waals surface area contributed by atoms with Crippen molar-refractivity contribution in [3.05, 3.63) is 47.4 Å².